The average molecular weight is 676 g/mol. The van der Waals surface area contributed by atoms with Gasteiger partial charge < -0.3 is 24.3 Å². The van der Waals surface area contributed by atoms with Gasteiger partial charge in [0.2, 0.25) is 5.91 Å². The number of piperazine rings is 2. The fourth-order valence-corrected chi connectivity index (χ4v) is 7.79. The van der Waals surface area contributed by atoms with E-state index >= 15 is 0 Å². The Hall–Kier alpha value is -3.62. The van der Waals surface area contributed by atoms with E-state index in [0.29, 0.717) is 38.8 Å². The quantitative estimate of drug-likeness (QED) is 0.316. The van der Waals surface area contributed by atoms with Crippen molar-refractivity contribution in [3.8, 4) is 12.1 Å². The van der Waals surface area contributed by atoms with Gasteiger partial charge in [0.25, 0.3) is 0 Å². The number of hydrogen-bond acceptors (Lipinski definition) is 9. The molecule has 246 valence electrons. The molecule has 4 heterocycles. The first-order valence-electron chi connectivity index (χ1n) is 16.5. The number of anilines is 2. The maximum absolute atomic E-state index is 12.8. The van der Waals surface area contributed by atoms with Crippen LogP contribution in [-0.4, -0.2) is 108 Å². The molecule has 0 N–H and O–H groups in total. The van der Waals surface area contributed by atoms with Crippen molar-refractivity contribution in [3.05, 3.63) is 64.3 Å². The zero-order valence-electron chi connectivity index (χ0n) is 26.7. The number of likely N-dealkylation sites (N-methyl/N-ethyl adjacent to an activating group) is 1. The minimum atomic E-state index is -0.283. The fourth-order valence-electron chi connectivity index (χ4n) is 7.40. The number of halogens is 2. The summed E-state index contributed by atoms with van der Waals surface area (Å²) in [5.41, 5.74) is 4.39. The third-order valence-corrected chi connectivity index (χ3v) is 10.7. The summed E-state index contributed by atoms with van der Waals surface area (Å²) in [5.74, 6) is 0.657. The Bertz CT molecular complexity index is 1710. The Morgan fingerprint density at radius 2 is 1.85 bits per heavy atom. The van der Waals surface area contributed by atoms with Crippen LogP contribution in [-0.2, 0) is 17.8 Å². The van der Waals surface area contributed by atoms with Crippen LogP contribution in [0.1, 0.15) is 30.5 Å². The van der Waals surface area contributed by atoms with E-state index < -0.39 is 0 Å². The number of fused-ring (bicyclic) bond motifs is 2. The first-order valence-corrected chi connectivity index (χ1v) is 17.3. The van der Waals surface area contributed by atoms with Gasteiger partial charge in [0, 0.05) is 80.6 Å². The molecule has 0 bridgehead atoms. The topological polar surface area (TPSA) is 92.1 Å². The molecule has 1 atom stereocenters. The van der Waals surface area contributed by atoms with Crippen LogP contribution >= 0.6 is 23.2 Å². The largest absolute Gasteiger partial charge is 0.461 e. The molecule has 0 unspecified atom stereocenters. The minimum absolute atomic E-state index is 0.0479. The Balaban J connectivity index is 1.20. The molecule has 10 nitrogen and oxygen atoms in total. The maximum atomic E-state index is 12.8. The lowest BCUT2D eigenvalue weighted by molar-refractivity contribution is -0.128. The first-order chi connectivity index (χ1) is 22.9. The lowest BCUT2D eigenvalue weighted by Gasteiger charge is -2.42. The fraction of sp³-hybridized carbons (Fsp3) is 0.486. The van der Waals surface area contributed by atoms with Gasteiger partial charge in [-0.15, -0.1) is 0 Å². The number of nitrogens with zero attached hydrogens (tertiary/aromatic N) is 8. The monoisotopic (exact) mass is 674 g/mol. The van der Waals surface area contributed by atoms with Gasteiger partial charge >= 0.3 is 6.01 Å². The highest BCUT2D eigenvalue weighted by atomic mass is 35.5. The van der Waals surface area contributed by atoms with Crippen LogP contribution < -0.4 is 14.5 Å². The van der Waals surface area contributed by atoms with Gasteiger partial charge in [-0.1, -0.05) is 47.5 Å². The van der Waals surface area contributed by atoms with Gasteiger partial charge in [-0.25, -0.2) is 0 Å². The molecular weight excluding hydrogens is 635 g/mol. The summed E-state index contributed by atoms with van der Waals surface area (Å²) >= 11 is 12.5. The van der Waals surface area contributed by atoms with Crippen molar-refractivity contribution < 1.29 is 9.53 Å². The number of carbonyl (C=O) groups is 1. The second kappa shape index (κ2) is 13.5. The number of ether oxygens (including phenoxy) is 1. The van der Waals surface area contributed by atoms with Crippen molar-refractivity contribution in [2.75, 3.05) is 75.8 Å². The number of nitriles is 1. The smallest absolute Gasteiger partial charge is 0.318 e. The SMILES string of the molecule is CN1CCN(C2(COc3nc4c(c(N5CCN(C(=O)/C=C/Cl)[C@@H](CC#N)C5)n3)CCN(c3cccc5cccc(Cl)c35)C4)CC2)CC1. The molecule has 2 saturated heterocycles. The van der Waals surface area contributed by atoms with Crippen LogP contribution in [0.4, 0.5) is 11.5 Å². The molecule has 3 aliphatic heterocycles. The Morgan fingerprint density at radius 1 is 1.06 bits per heavy atom. The number of hydrogen-bond donors (Lipinski definition) is 0. The van der Waals surface area contributed by atoms with E-state index in [1.807, 2.05) is 12.1 Å². The van der Waals surface area contributed by atoms with Crippen LogP contribution in [0.2, 0.25) is 5.02 Å². The highest BCUT2D eigenvalue weighted by Crippen LogP contribution is 2.43. The van der Waals surface area contributed by atoms with Crippen LogP contribution in [0.15, 0.2) is 48.0 Å². The molecule has 0 radical (unpaired) electrons. The Morgan fingerprint density at radius 3 is 2.60 bits per heavy atom. The maximum Gasteiger partial charge on any atom is 0.318 e. The molecule has 1 amide bonds. The Labute approximate surface area is 286 Å². The average Bonchev–Trinajstić information content (AvgIpc) is 3.88. The van der Waals surface area contributed by atoms with Crippen molar-refractivity contribution >= 4 is 51.4 Å². The molecule has 1 aromatic heterocycles. The molecule has 7 rings (SSSR count). The normalized spacial score (nSPS) is 21.6. The number of aromatic nitrogens is 2. The molecule has 3 aromatic rings. The summed E-state index contributed by atoms with van der Waals surface area (Å²) in [4.78, 5) is 34.2. The zero-order chi connectivity index (χ0) is 32.5. The zero-order valence-corrected chi connectivity index (χ0v) is 28.3. The number of amides is 1. The van der Waals surface area contributed by atoms with Crippen LogP contribution in [0, 0.1) is 11.3 Å². The van der Waals surface area contributed by atoms with Crippen molar-refractivity contribution in [2.24, 2.45) is 0 Å². The van der Waals surface area contributed by atoms with Gasteiger partial charge in [-0.3, -0.25) is 9.69 Å². The molecule has 12 heteroatoms. The van der Waals surface area contributed by atoms with Crippen molar-refractivity contribution in [2.45, 2.75) is 43.8 Å². The van der Waals surface area contributed by atoms with E-state index in [9.17, 15) is 10.1 Å². The first kappa shape index (κ1) is 32.0. The van der Waals surface area contributed by atoms with Crippen LogP contribution in [0.3, 0.4) is 0 Å². The van der Waals surface area contributed by atoms with Crippen LogP contribution in [0.25, 0.3) is 10.8 Å². The summed E-state index contributed by atoms with van der Waals surface area (Å²) in [7, 11) is 2.18. The van der Waals surface area contributed by atoms with Crippen molar-refractivity contribution in [3.63, 3.8) is 0 Å². The van der Waals surface area contributed by atoms with Gasteiger partial charge in [0.15, 0.2) is 0 Å². The predicted octanol–water partition coefficient (Wildman–Crippen LogP) is 4.69. The summed E-state index contributed by atoms with van der Waals surface area (Å²) in [6.45, 7) is 7.68. The summed E-state index contributed by atoms with van der Waals surface area (Å²) < 4.78 is 6.52. The number of rotatable bonds is 8. The second-order valence-electron chi connectivity index (χ2n) is 13.1. The lowest BCUT2D eigenvalue weighted by Crippen LogP contribution is -2.55. The molecule has 3 fully saturated rings. The van der Waals surface area contributed by atoms with Gasteiger partial charge in [-0.2, -0.15) is 15.2 Å². The van der Waals surface area contributed by atoms with Crippen molar-refractivity contribution in [1.29, 1.82) is 5.26 Å². The van der Waals surface area contributed by atoms with E-state index in [4.69, 9.17) is 37.9 Å². The van der Waals surface area contributed by atoms with Crippen LogP contribution in [0.5, 0.6) is 6.01 Å². The number of benzene rings is 2. The van der Waals surface area contributed by atoms with E-state index in [1.165, 1.54) is 11.6 Å². The van der Waals surface area contributed by atoms with Gasteiger partial charge in [0.05, 0.1) is 41.3 Å². The van der Waals surface area contributed by atoms with E-state index in [0.717, 1.165) is 90.5 Å². The van der Waals surface area contributed by atoms with E-state index in [-0.39, 0.29) is 23.9 Å². The van der Waals surface area contributed by atoms with E-state index in [1.54, 1.807) is 4.90 Å². The third kappa shape index (κ3) is 6.47. The lowest BCUT2D eigenvalue weighted by atomic mass is 10.0. The standard InChI is InChI=1S/C35H40Cl2N8O2/c1-41-16-19-44(20-17-41)35(11-12-35)24-47-34-39-29-23-42(30-7-3-5-25-4-2-6-28(37)32(25)30)15-10-27(29)33(40-34)43-18-21-45(31(46)8-13-36)26(22-43)9-14-38/h2-8,13,26H,9-12,15-24H2,1H3/b13-8+/t26-/m0/s1. The van der Waals surface area contributed by atoms with E-state index in [2.05, 4.69) is 57.0 Å². The van der Waals surface area contributed by atoms with Gasteiger partial charge in [0.1, 0.15) is 12.4 Å². The minimum Gasteiger partial charge on any atom is -0.461 e. The third-order valence-electron chi connectivity index (χ3n) is 10.3. The summed E-state index contributed by atoms with van der Waals surface area (Å²) in [6.07, 6.45) is 4.55. The highest BCUT2D eigenvalue weighted by Gasteiger charge is 2.49. The molecule has 2 aromatic carbocycles. The van der Waals surface area contributed by atoms with Crippen molar-refractivity contribution in [1.82, 2.24) is 24.7 Å². The number of carbonyl (C=O) groups excluding carboxylic acids is 1. The molecule has 1 aliphatic carbocycles. The second-order valence-corrected chi connectivity index (χ2v) is 13.8. The molecule has 4 aliphatic rings. The molecule has 1 saturated carbocycles. The molecule has 47 heavy (non-hydrogen) atoms. The summed E-state index contributed by atoms with van der Waals surface area (Å²) in [6, 6.07) is 14.7. The van der Waals surface area contributed by atoms with Gasteiger partial charge in [-0.05, 0) is 43.8 Å². The molecular formula is C35H40Cl2N8O2. The summed E-state index contributed by atoms with van der Waals surface area (Å²) in [5, 5.41) is 12.5. The molecule has 0 spiro atoms. The predicted molar refractivity (Wildman–Crippen MR) is 185 cm³/mol. The Kier molecular flexibility index (Phi) is 9.16. The highest BCUT2D eigenvalue weighted by molar-refractivity contribution is 6.36.